The molecular weight excluding hydrogens is 857 g/mol. The maximum absolute atomic E-state index is 14.6. The molecule has 3 heterocycles. The molecule has 6 aromatic rings. The van der Waals surface area contributed by atoms with Crippen LogP contribution in [0.3, 0.4) is 0 Å². The minimum absolute atomic E-state index is 0.0138. The number of rotatable bonds is 23. The van der Waals surface area contributed by atoms with Gasteiger partial charge >= 0.3 is 6.03 Å². The van der Waals surface area contributed by atoms with Crippen molar-refractivity contribution in [2.45, 2.75) is 81.6 Å². The number of amides is 7. The Kier molecular flexibility index (Phi) is 17.2. The maximum atomic E-state index is 14.6. The third-order valence-electron chi connectivity index (χ3n) is 11.2. The lowest BCUT2D eigenvalue weighted by molar-refractivity contribution is -0.132. The second kappa shape index (κ2) is 23.8. The molecule has 20 heteroatoms. The highest BCUT2D eigenvalue weighted by Crippen LogP contribution is 2.21. The molecule has 0 unspecified atom stereocenters. The summed E-state index contributed by atoms with van der Waals surface area (Å²) in [5.74, 6) is -3.66. The normalized spacial score (nSPS) is 13.3. The molecule has 3 aromatic carbocycles. The molecule has 0 saturated heterocycles. The SMILES string of the molecule is N#CCCN(NC(=O)[C@@H](Cc1c[nH]c2ccccc12)NC(=O)[C@@H](N)Cc1cnc[nH]1)C(=O)N[C@@H](Cc1c[nH]c2ccccc12)C(=O)N[C@H](Cc1ccccc1)C(=O)N[C@@H](CCCCN)C(N)=O. The van der Waals surface area contributed by atoms with Crippen LogP contribution in [0.25, 0.3) is 21.8 Å². The molecular formula is C47H56N14O6. The van der Waals surface area contributed by atoms with Crippen LogP contribution in [-0.4, -0.2) is 104 Å². The second-order valence-electron chi connectivity index (χ2n) is 16.1. The Morgan fingerprint density at radius 3 is 1.82 bits per heavy atom. The number of benzene rings is 3. The van der Waals surface area contributed by atoms with Crippen molar-refractivity contribution in [3.63, 3.8) is 0 Å². The van der Waals surface area contributed by atoms with Crippen LogP contribution in [0, 0.1) is 11.3 Å². The summed E-state index contributed by atoms with van der Waals surface area (Å²) in [6, 6.07) is 18.7. The van der Waals surface area contributed by atoms with E-state index in [0.717, 1.165) is 26.8 Å². The summed E-state index contributed by atoms with van der Waals surface area (Å²) in [6.07, 6.45) is 7.54. The Bertz CT molecular complexity index is 2660. The van der Waals surface area contributed by atoms with Gasteiger partial charge in [-0.3, -0.25) is 29.4 Å². The highest BCUT2D eigenvalue weighted by molar-refractivity contribution is 5.96. The molecule has 0 aliphatic heterocycles. The van der Waals surface area contributed by atoms with Crippen LogP contribution in [0.2, 0.25) is 0 Å². The molecule has 0 saturated carbocycles. The highest BCUT2D eigenvalue weighted by atomic mass is 16.2. The zero-order valence-electron chi connectivity index (χ0n) is 36.8. The minimum atomic E-state index is -1.38. The number of nitrogens with one attached hydrogen (secondary N) is 8. The lowest BCUT2D eigenvalue weighted by Gasteiger charge is -2.29. The summed E-state index contributed by atoms with van der Waals surface area (Å²) in [5.41, 5.74) is 24.4. The van der Waals surface area contributed by atoms with Crippen LogP contribution >= 0.6 is 0 Å². The topological polar surface area (TPSA) is 328 Å². The number of para-hydroxylation sites is 2. The van der Waals surface area contributed by atoms with Crippen LogP contribution in [0.5, 0.6) is 0 Å². The number of imidazole rings is 1. The van der Waals surface area contributed by atoms with Gasteiger partial charge in [-0.15, -0.1) is 0 Å². The second-order valence-corrected chi connectivity index (χ2v) is 16.1. The van der Waals surface area contributed by atoms with Crippen LogP contribution in [0.4, 0.5) is 4.79 Å². The van der Waals surface area contributed by atoms with E-state index in [1.165, 1.54) is 12.5 Å². The summed E-state index contributed by atoms with van der Waals surface area (Å²) in [6.45, 7) is 0.0672. The minimum Gasteiger partial charge on any atom is -0.368 e. The third kappa shape index (κ3) is 13.5. The first-order valence-corrected chi connectivity index (χ1v) is 22.0. The van der Waals surface area contributed by atoms with Crippen LogP contribution in [0.15, 0.2) is 104 Å². The number of carbonyl (C=O) groups excluding carboxylic acids is 6. The standard InChI is InChI=1S/C47H56N14O6/c48-18-9-8-17-38(42(51)62)56-44(64)39(21-29-11-2-1-3-12-29)58-45(65)40(22-30-25-53-36-15-6-4-13-33(30)36)59-47(67)61(20-10-19-49)60-46(66)41(23-31-26-54-37-16-7-5-14-34(31)37)57-43(63)35(50)24-32-27-52-28-55-32/h1-7,11-16,25-28,35,38-41,53-54H,8-10,17-18,20-24,48,50H2,(H2,51,62)(H,52,55)(H,56,64)(H,57,63)(H,58,65)(H,59,67)(H,60,66)/t35-,38-,39+,40-,41+/m0/s1. The summed E-state index contributed by atoms with van der Waals surface area (Å²) >= 11 is 0. The third-order valence-corrected chi connectivity index (χ3v) is 11.2. The van der Waals surface area contributed by atoms with E-state index in [2.05, 4.69) is 46.6 Å². The first-order chi connectivity index (χ1) is 32.4. The van der Waals surface area contributed by atoms with Gasteiger partial charge in [-0.2, -0.15) is 5.26 Å². The van der Waals surface area contributed by atoms with Crippen molar-refractivity contribution in [2.75, 3.05) is 13.1 Å². The van der Waals surface area contributed by atoms with E-state index in [0.29, 0.717) is 41.8 Å². The number of aromatic amines is 3. The largest absolute Gasteiger partial charge is 0.368 e. The quantitative estimate of drug-likeness (QED) is 0.0324. The number of aromatic nitrogens is 4. The van der Waals surface area contributed by atoms with Gasteiger partial charge in [-0.25, -0.2) is 14.8 Å². The predicted octanol–water partition coefficient (Wildman–Crippen LogP) is 1.36. The van der Waals surface area contributed by atoms with Crippen molar-refractivity contribution in [3.8, 4) is 6.07 Å². The first kappa shape index (κ1) is 48.4. The Morgan fingerprint density at radius 2 is 1.24 bits per heavy atom. The van der Waals surface area contributed by atoms with Gasteiger partial charge in [-0.1, -0.05) is 66.7 Å². The zero-order valence-corrected chi connectivity index (χ0v) is 36.8. The predicted molar refractivity (Wildman–Crippen MR) is 250 cm³/mol. The lowest BCUT2D eigenvalue weighted by Crippen LogP contribution is -2.61. The van der Waals surface area contributed by atoms with Gasteiger partial charge in [0, 0.05) is 71.8 Å². The number of hydrogen-bond acceptors (Lipinski definition) is 10. The number of nitriles is 1. The smallest absolute Gasteiger partial charge is 0.336 e. The van der Waals surface area contributed by atoms with Crippen LogP contribution in [0.1, 0.15) is 48.1 Å². The number of carbonyl (C=O) groups is 6. The summed E-state index contributed by atoms with van der Waals surface area (Å²) in [4.78, 5) is 96.5. The molecule has 3 aromatic heterocycles. The fourth-order valence-corrected chi connectivity index (χ4v) is 7.65. The molecule has 0 aliphatic carbocycles. The van der Waals surface area contributed by atoms with E-state index < -0.39 is 65.8 Å². The summed E-state index contributed by atoms with van der Waals surface area (Å²) in [5, 5.41) is 23.0. The summed E-state index contributed by atoms with van der Waals surface area (Å²) in [7, 11) is 0. The number of nitrogens with two attached hydrogens (primary N) is 3. The van der Waals surface area contributed by atoms with Gasteiger partial charge in [-0.05, 0) is 54.6 Å². The molecule has 20 nitrogen and oxygen atoms in total. The van der Waals surface area contributed by atoms with Crippen molar-refractivity contribution in [1.29, 1.82) is 5.26 Å². The number of hydrazine groups is 1. The van der Waals surface area contributed by atoms with Crippen LogP contribution in [-0.2, 0) is 49.7 Å². The Hall–Kier alpha value is -8.02. The van der Waals surface area contributed by atoms with Gasteiger partial charge in [0.25, 0.3) is 5.91 Å². The van der Waals surface area contributed by atoms with E-state index in [4.69, 9.17) is 17.2 Å². The fourth-order valence-electron chi connectivity index (χ4n) is 7.65. The van der Waals surface area contributed by atoms with Gasteiger partial charge in [0.05, 0.1) is 31.4 Å². The van der Waals surface area contributed by atoms with Gasteiger partial charge in [0.2, 0.25) is 23.6 Å². The highest BCUT2D eigenvalue weighted by Gasteiger charge is 2.33. The van der Waals surface area contributed by atoms with Crippen molar-refractivity contribution in [3.05, 3.63) is 126 Å². The molecule has 0 bridgehead atoms. The molecule has 0 aliphatic rings. The fraction of sp³-hybridized carbons (Fsp3) is 0.319. The Balaban J connectivity index is 1.27. The molecule has 0 spiro atoms. The number of nitrogens with zero attached hydrogens (tertiary/aromatic N) is 3. The lowest BCUT2D eigenvalue weighted by atomic mass is 10.0. The number of hydrogen-bond donors (Lipinski definition) is 11. The molecule has 6 rings (SSSR count). The van der Waals surface area contributed by atoms with E-state index in [9.17, 15) is 34.0 Å². The number of fused-ring (bicyclic) bond motifs is 2. The van der Waals surface area contributed by atoms with E-state index in [-0.39, 0.29) is 45.1 Å². The van der Waals surface area contributed by atoms with Gasteiger partial charge in [0.15, 0.2) is 0 Å². The maximum Gasteiger partial charge on any atom is 0.336 e. The molecule has 5 atom stereocenters. The molecule has 0 radical (unpaired) electrons. The van der Waals surface area contributed by atoms with E-state index in [1.807, 2.05) is 54.6 Å². The van der Waals surface area contributed by atoms with E-state index in [1.54, 1.807) is 42.7 Å². The molecule has 350 valence electrons. The number of H-pyrrole nitrogens is 3. The Morgan fingerprint density at radius 1 is 0.672 bits per heavy atom. The van der Waals surface area contributed by atoms with E-state index >= 15 is 0 Å². The van der Waals surface area contributed by atoms with Crippen LogP contribution < -0.4 is 43.9 Å². The van der Waals surface area contributed by atoms with Crippen molar-refractivity contribution >= 4 is 57.4 Å². The van der Waals surface area contributed by atoms with Crippen molar-refractivity contribution in [2.24, 2.45) is 17.2 Å². The van der Waals surface area contributed by atoms with Gasteiger partial charge in [0.1, 0.15) is 24.2 Å². The average Bonchev–Trinajstić information content (AvgIpc) is 4.10. The van der Waals surface area contributed by atoms with Gasteiger partial charge < -0.3 is 53.4 Å². The molecule has 14 N–H and O–H groups in total. The number of urea groups is 1. The monoisotopic (exact) mass is 912 g/mol. The number of primary amides is 1. The zero-order chi connectivity index (χ0) is 47.7. The first-order valence-electron chi connectivity index (χ1n) is 22.0. The average molecular weight is 913 g/mol. The summed E-state index contributed by atoms with van der Waals surface area (Å²) < 4.78 is 0. The molecule has 67 heavy (non-hydrogen) atoms. The molecule has 7 amide bonds. The Labute approximate surface area is 386 Å². The molecule has 0 fully saturated rings. The van der Waals surface area contributed by atoms with Crippen molar-refractivity contribution < 1.29 is 28.8 Å². The number of unbranched alkanes of at least 4 members (excludes halogenated alkanes) is 1. The van der Waals surface area contributed by atoms with Crippen molar-refractivity contribution in [1.82, 2.24) is 51.6 Å².